The fourth-order valence-electron chi connectivity index (χ4n) is 18.2. The number of aliphatic hydroxyl groups is 14. The molecule has 90 heavy (non-hydrogen) atoms. The number of carbonyl (C=O) groups excluding carboxylic acids is 2. The Morgan fingerprint density at radius 3 is 1.83 bits per heavy atom. The zero-order valence-electron chi connectivity index (χ0n) is 53.0. The van der Waals surface area contributed by atoms with Crippen molar-refractivity contribution >= 4 is 11.9 Å². The van der Waals surface area contributed by atoms with E-state index in [4.69, 9.17) is 52.1 Å². The van der Waals surface area contributed by atoms with E-state index in [-0.39, 0.29) is 36.7 Å². The van der Waals surface area contributed by atoms with Gasteiger partial charge in [-0.05, 0) is 125 Å². The Balaban J connectivity index is 0.888. The Bertz CT molecular complexity index is 2590. The molecule has 5 saturated heterocycles. The third-order valence-corrected chi connectivity index (χ3v) is 23.7. The molecule has 27 heteroatoms. The Hall–Kier alpha value is -2.50. The van der Waals surface area contributed by atoms with Crippen molar-refractivity contribution in [2.24, 2.45) is 50.2 Å². The van der Waals surface area contributed by atoms with Crippen LogP contribution in [0.15, 0.2) is 23.8 Å². The van der Waals surface area contributed by atoms with Crippen molar-refractivity contribution in [2.75, 3.05) is 19.8 Å². The van der Waals surface area contributed by atoms with Gasteiger partial charge in [-0.1, -0.05) is 59.3 Å². The minimum Gasteiger partial charge on any atom is -0.454 e. The lowest BCUT2D eigenvalue weighted by molar-refractivity contribution is -0.380. The number of ether oxygens (including phenoxy) is 11. The summed E-state index contributed by atoms with van der Waals surface area (Å²) in [5.74, 6) is -2.35. The zero-order valence-corrected chi connectivity index (χ0v) is 53.0. The van der Waals surface area contributed by atoms with Gasteiger partial charge in [0.1, 0.15) is 90.9 Å². The van der Waals surface area contributed by atoms with Crippen molar-refractivity contribution in [3.05, 3.63) is 23.8 Å². The molecule has 0 bridgehead atoms. The predicted octanol–water partition coefficient (Wildman–Crippen LogP) is -1.42. The van der Waals surface area contributed by atoms with E-state index in [1.807, 2.05) is 6.92 Å². The van der Waals surface area contributed by atoms with Gasteiger partial charge >= 0.3 is 11.9 Å². The summed E-state index contributed by atoms with van der Waals surface area (Å²) in [7, 11) is 0. The first-order chi connectivity index (χ1) is 42.2. The Labute approximate surface area is 524 Å². The van der Waals surface area contributed by atoms with Gasteiger partial charge in [-0.25, -0.2) is 4.79 Å². The molecule has 27 nitrogen and oxygen atoms in total. The zero-order chi connectivity index (χ0) is 65.9. The van der Waals surface area contributed by atoms with Crippen LogP contribution in [0.25, 0.3) is 0 Å². The summed E-state index contributed by atoms with van der Waals surface area (Å²) >= 11 is 0. The highest BCUT2D eigenvalue weighted by molar-refractivity contribution is 5.82. The SMILES string of the molecule is C/C=C/C(=O)O[C@@H]1[C@H](O)[C@@H](O[C@@H]2O[C@@H](C)[C@H](O[C@@H]3OC[C@@H](O)[C@H](O[C@@H]4O[C@@H](C)[C@H](O)[C@@H](O)[C@H]4O)[C@H]3O)[C@@H](O)[C@H]2O)[C@H](OC(=O)[C@]23CCC(C)(C)C[C@H]2C2=CC[C@@H]4[C@@]5(C)CC[C@H](O[C@@H]6O[C@H](CO)[C@@H](O)[C@H](O)[C@H]6O)[C@@](C)(CO)[C@@H]5CC[C@@]4(C)[C@]2(C)C[C@H]3O)O[C@@H]1C. The minimum atomic E-state index is -2.02. The van der Waals surface area contributed by atoms with Crippen molar-refractivity contribution in [3.8, 4) is 0 Å². The van der Waals surface area contributed by atoms with Crippen LogP contribution in [-0.4, -0.2) is 263 Å². The Morgan fingerprint density at radius 1 is 0.578 bits per heavy atom. The van der Waals surface area contributed by atoms with Gasteiger partial charge < -0.3 is 124 Å². The average molecular weight is 1290 g/mol. The smallest absolute Gasteiger partial charge is 0.330 e. The number of hydrogen-bond donors (Lipinski definition) is 14. The summed E-state index contributed by atoms with van der Waals surface area (Å²) in [6, 6.07) is 0. The van der Waals surface area contributed by atoms with Crippen LogP contribution >= 0.6 is 0 Å². The van der Waals surface area contributed by atoms with Crippen molar-refractivity contribution in [1.29, 1.82) is 0 Å². The third-order valence-electron chi connectivity index (χ3n) is 23.7. The first kappa shape index (κ1) is 70.3. The molecule has 0 unspecified atom stereocenters. The summed E-state index contributed by atoms with van der Waals surface area (Å²) < 4.78 is 66.0. The number of hydrogen-bond acceptors (Lipinski definition) is 27. The summed E-state index contributed by atoms with van der Waals surface area (Å²) in [5.41, 5.74) is -3.26. The molecule has 0 amide bonds. The molecule has 5 heterocycles. The van der Waals surface area contributed by atoms with Crippen LogP contribution in [0, 0.1) is 50.2 Å². The van der Waals surface area contributed by atoms with Gasteiger partial charge in [-0.3, -0.25) is 4.79 Å². The van der Waals surface area contributed by atoms with Gasteiger partial charge in [0.2, 0.25) is 6.29 Å². The number of allylic oxidation sites excluding steroid dienone is 3. The van der Waals surface area contributed by atoms with Gasteiger partial charge in [0.05, 0.1) is 50.3 Å². The van der Waals surface area contributed by atoms with E-state index in [1.165, 1.54) is 26.8 Å². The molecule has 0 aromatic carbocycles. The van der Waals surface area contributed by atoms with E-state index in [2.05, 4.69) is 40.7 Å². The van der Waals surface area contributed by atoms with Crippen LogP contribution in [0.4, 0.5) is 0 Å². The van der Waals surface area contributed by atoms with Gasteiger partial charge in [0.15, 0.2) is 37.4 Å². The molecule has 10 rings (SSSR count). The van der Waals surface area contributed by atoms with Crippen molar-refractivity contribution in [3.63, 3.8) is 0 Å². The maximum atomic E-state index is 15.8. The Kier molecular flexibility index (Phi) is 20.4. The summed E-state index contributed by atoms with van der Waals surface area (Å²) in [4.78, 5) is 28.8. The van der Waals surface area contributed by atoms with Crippen LogP contribution < -0.4 is 0 Å². The van der Waals surface area contributed by atoms with E-state index >= 15 is 4.79 Å². The number of fused-ring (bicyclic) bond motifs is 7. The Morgan fingerprint density at radius 2 is 1.18 bits per heavy atom. The molecule has 10 aliphatic rings. The second kappa shape index (κ2) is 26.2. The lowest BCUT2D eigenvalue weighted by Gasteiger charge is -2.72. The minimum absolute atomic E-state index is 0.00934. The first-order valence-electron chi connectivity index (χ1n) is 32.2. The molecule has 0 aromatic rings. The molecular formula is C63H100O27. The molecule has 14 N–H and O–H groups in total. The molecule has 5 aliphatic carbocycles. The van der Waals surface area contributed by atoms with Gasteiger partial charge in [0.25, 0.3) is 0 Å². The number of esters is 2. The topological polar surface area (TPSA) is 419 Å². The summed E-state index contributed by atoms with van der Waals surface area (Å²) in [5, 5.41) is 156. The van der Waals surface area contributed by atoms with E-state index in [0.717, 1.165) is 11.6 Å². The molecule has 0 spiro atoms. The average Bonchev–Trinajstić information content (AvgIpc) is 0.673. The van der Waals surface area contributed by atoms with Gasteiger partial charge in [-0.2, -0.15) is 0 Å². The molecule has 5 aliphatic heterocycles. The second-order valence-electron chi connectivity index (χ2n) is 29.4. The van der Waals surface area contributed by atoms with Gasteiger partial charge in [0, 0.05) is 11.5 Å². The van der Waals surface area contributed by atoms with E-state index in [0.29, 0.717) is 44.9 Å². The van der Waals surface area contributed by atoms with Crippen molar-refractivity contribution in [1.82, 2.24) is 0 Å². The van der Waals surface area contributed by atoms with Crippen LogP contribution in [0.2, 0.25) is 0 Å². The third kappa shape index (κ3) is 11.8. The number of carbonyl (C=O) groups is 2. The second-order valence-corrected chi connectivity index (χ2v) is 29.4. The fraction of sp³-hybridized carbons (Fsp3) is 0.905. The van der Waals surface area contributed by atoms with E-state index < -0.39 is 218 Å². The highest BCUT2D eigenvalue weighted by atomic mass is 16.8. The normalized spacial score (nSPS) is 53.7. The molecule has 4 saturated carbocycles. The van der Waals surface area contributed by atoms with Crippen molar-refractivity contribution < 1.29 is 133 Å². The maximum Gasteiger partial charge on any atom is 0.330 e. The molecular weight excluding hydrogens is 1190 g/mol. The maximum absolute atomic E-state index is 15.8. The van der Waals surface area contributed by atoms with Crippen LogP contribution in [0.5, 0.6) is 0 Å². The number of aliphatic hydroxyl groups excluding tert-OH is 14. The van der Waals surface area contributed by atoms with Crippen LogP contribution in [0.1, 0.15) is 127 Å². The fourth-order valence-corrected chi connectivity index (χ4v) is 18.2. The summed E-state index contributed by atoms with van der Waals surface area (Å²) in [6.45, 7) is 17.5. The quantitative estimate of drug-likeness (QED) is 0.0411. The summed E-state index contributed by atoms with van der Waals surface area (Å²) in [6.07, 6.45) is -30.8. The standard InChI is InChI=1S/C63H100O27/c1-11-12-37(68)86-49-28(4)83-56(51(46(49)77)89-54-45(76)42(73)48(27(3)82-54)87-52-47(78)50(31(66)24-80-52)88-53-43(74)40(71)38(69)26(2)81-53)90-57(79)63-20-19-58(5,6)21-30(63)29-13-14-34-59(7)17-16-36(85-55-44(75)41(72)39(70)32(23-64)84-55)60(8,25-65)33(59)15-18-61(34,9)62(29,10)22-35(63)67/h11-13,26-28,30-36,38-56,64-67,69-78H,14-25H2,1-10H3/b12-11+/t26-,27-,28+,30-,31+,32+,33+,34+,35+,36-,38-,39+,40+,41-,42-,43+,44+,45+,46-,47+,48-,49-,50-,51+,52-,53-,54-,55-,56-,59-,60-,61+,62+,63+/m0/s1. The lowest BCUT2D eigenvalue weighted by atomic mass is 9.33. The van der Waals surface area contributed by atoms with E-state index in [1.54, 1.807) is 6.92 Å². The lowest BCUT2D eigenvalue weighted by Crippen LogP contribution is -2.69. The monoisotopic (exact) mass is 1290 g/mol. The number of rotatable bonds is 14. The van der Waals surface area contributed by atoms with Gasteiger partial charge in [-0.15, -0.1) is 0 Å². The molecule has 34 atom stereocenters. The highest BCUT2D eigenvalue weighted by Gasteiger charge is 2.73. The molecule has 0 radical (unpaired) electrons. The highest BCUT2D eigenvalue weighted by Crippen LogP contribution is 2.76. The van der Waals surface area contributed by atoms with Crippen LogP contribution in [0.3, 0.4) is 0 Å². The molecule has 514 valence electrons. The van der Waals surface area contributed by atoms with E-state index in [9.17, 15) is 76.3 Å². The largest absolute Gasteiger partial charge is 0.454 e. The molecule has 9 fully saturated rings. The predicted molar refractivity (Wildman–Crippen MR) is 307 cm³/mol. The van der Waals surface area contributed by atoms with Crippen LogP contribution in [-0.2, 0) is 61.7 Å². The first-order valence-corrected chi connectivity index (χ1v) is 32.2. The molecule has 0 aromatic heterocycles. The van der Waals surface area contributed by atoms with Crippen molar-refractivity contribution in [2.45, 2.75) is 287 Å².